The molecule has 0 fully saturated rings. The molecule has 0 saturated carbocycles. The Kier molecular flexibility index (Phi) is 1.40. The number of esters is 2. The molecule has 1 aromatic heterocycles. The zero-order valence-corrected chi connectivity index (χ0v) is 6.11. The van der Waals surface area contributed by atoms with Crippen LogP contribution >= 0.6 is 0 Å². The third-order valence-electron chi connectivity index (χ3n) is 1.63. The zero-order valence-electron chi connectivity index (χ0n) is 6.11. The molecule has 0 saturated heterocycles. The molecule has 0 bridgehead atoms. The lowest BCUT2D eigenvalue weighted by molar-refractivity contribution is -0.137. The molecule has 4 heteroatoms. The first kappa shape index (κ1) is 6.97. The highest BCUT2D eigenvalue weighted by molar-refractivity contribution is 6.01. The summed E-state index contributed by atoms with van der Waals surface area (Å²) < 4.78 is 4.39. The molecule has 1 aromatic rings. The summed E-state index contributed by atoms with van der Waals surface area (Å²) in [6.07, 6.45) is 1.63. The maximum Gasteiger partial charge on any atom is 0.347 e. The van der Waals surface area contributed by atoms with Crippen LogP contribution in [-0.4, -0.2) is 16.9 Å². The van der Waals surface area contributed by atoms with E-state index in [4.69, 9.17) is 0 Å². The first-order valence-electron chi connectivity index (χ1n) is 3.46. The van der Waals surface area contributed by atoms with E-state index in [2.05, 4.69) is 9.72 Å². The van der Waals surface area contributed by atoms with Crippen molar-refractivity contribution in [3.63, 3.8) is 0 Å². The van der Waals surface area contributed by atoms with Crippen LogP contribution < -0.4 is 0 Å². The van der Waals surface area contributed by atoms with E-state index in [-0.39, 0.29) is 6.42 Å². The topological polar surface area (TPSA) is 56.3 Å². The van der Waals surface area contributed by atoms with Gasteiger partial charge in [0.2, 0.25) is 0 Å². The average Bonchev–Trinajstić information content (AvgIpc) is 2.04. The standard InChI is InChI=1S/C8H5NO3/c10-7-4-6-5(8(11)12-7)2-1-3-9-6/h1-3H,4H2. The van der Waals surface area contributed by atoms with Crippen molar-refractivity contribution in [2.24, 2.45) is 0 Å². The minimum atomic E-state index is -0.602. The first-order chi connectivity index (χ1) is 5.77. The molecule has 12 heavy (non-hydrogen) atoms. The summed E-state index contributed by atoms with van der Waals surface area (Å²) in [5.41, 5.74) is 0.885. The van der Waals surface area contributed by atoms with Crippen LogP contribution in [0.5, 0.6) is 0 Å². The van der Waals surface area contributed by atoms with Crippen LogP contribution in [0.4, 0.5) is 0 Å². The number of fused-ring (bicyclic) bond motifs is 1. The Balaban J connectivity index is 2.54. The first-order valence-corrected chi connectivity index (χ1v) is 3.46. The van der Waals surface area contributed by atoms with Gasteiger partial charge in [0.1, 0.15) is 0 Å². The molecule has 1 aliphatic rings. The Hall–Kier alpha value is -1.71. The molecule has 2 rings (SSSR count). The van der Waals surface area contributed by atoms with Gasteiger partial charge in [-0.1, -0.05) is 0 Å². The predicted molar refractivity (Wildman–Crippen MR) is 38.4 cm³/mol. The van der Waals surface area contributed by atoms with Crippen molar-refractivity contribution in [2.45, 2.75) is 6.42 Å². The smallest absolute Gasteiger partial charge is 0.347 e. The van der Waals surface area contributed by atoms with Crippen molar-refractivity contribution >= 4 is 11.9 Å². The van der Waals surface area contributed by atoms with E-state index in [0.29, 0.717) is 11.3 Å². The van der Waals surface area contributed by atoms with Crippen molar-refractivity contribution in [3.8, 4) is 0 Å². The van der Waals surface area contributed by atoms with Gasteiger partial charge < -0.3 is 4.74 Å². The molecular weight excluding hydrogens is 158 g/mol. The summed E-state index contributed by atoms with van der Waals surface area (Å²) in [5, 5.41) is 0. The molecule has 0 spiro atoms. The normalized spacial score (nSPS) is 15.3. The number of nitrogens with zero attached hydrogens (tertiary/aromatic N) is 1. The van der Waals surface area contributed by atoms with E-state index < -0.39 is 11.9 Å². The Morgan fingerprint density at radius 3 is 3.08 bits per heavy atom. The van der Waals surface area contributed by atoms with Gasteiger partial charge in [0.05, 0.1) is 17.7 Å². The van der Waals surface area contributed by atoms with Gasteiger partial charge in [-0.3, -0.25) is 9.78 Å². The number of hydrogen-bond acceptors (Lipinski definition) is 4. The summed E-state index contributed by atoms with van der Waals surface area (Å²) in [4.78, 5) is 25.7. The fraction of sp³-hybridized carbons (Fsp3) is 0.125. The Morgan fingerprint density at radius 1 is 1.42 bits per heavy atom. The maximum absolute atomic E-state index is 11.0. The van der Waals surface area contributed by atoms with E-state index >= 15 is 0 Å². The van der Waals surface area contributed by atoms with Gasteiger partial charge in [-0.2, -0.15) is 0 Å². The zero-order chi connectivity index (χ0) is 8.55. The minimum Gasteiger partial charge on any atom is -0.389 e. The number of carbonyl (C=O) groups is 2. The van der Waals surface area contributed by atoms with Gasteiger partial charge >= 0.3 is 11.9 Å². The molecule has 0 atom stereocenters. The molecule has 2 heterocycles. The van der Waals surface area contributed by atoms with Crippen LogP contribution in [0.15, 0.2) is 18.3 Å². The number of carbonyl (C=O) groups excluding carboxylic acids is 2. The summed E-state index contributed by atoms with van der Waals surface area (Å²) in [6, 6.07) is 3.23. The minimum absolute atomic E-state index is 0.0852. The van der Waals surface area contributed by atoms with Crippen molar-refractivity contribution in [3.05, 3.63) is 29.6 Å². The highest BCUT2D eigenvalue weighted by Gasteiger charge is 2.24. The molecule has 0 aromatic carbocycles. The Morgan fingerprint density at radius 2 is 2.25 bits per heavy atom. The van der Waals surface area contributed by atoms with Gasteiger partial charge in [-0.05, 0) is 12.1 Å². The van der Waals surface area contributed by atoms with E-state index in [1.165, 1.54) is 0 Å². The Bertz CT molecular complexity index is 359. The fourth-order valence-electron chi connectivity index (χ4n) is 1.10. The monoisotopic (exact) mass is 163 g/mol. The van der Waals surface area contributed by atoms with Crippen molar-refractivity contribution in [1.29, 1.82) is 0 Å². The number of ether oxygens (including phenoxy) is 1. The molecule has 60 valence electrons. The molecule has 4 nitrogen and oxygen atoms in total. The predicted octanol–water partition coefficient (Wildman–Crippen LogP) is 0.321. The lowest BCUT2D eigenvalue weighted by atomic mass is 10.1. The van der Waals surface area contributed by atoms with E-state index in [9.17, 15) is 9.59 Å². The third-order valence-corrected chi connectivity index (χ3v) is 1.63. The van der Waals surface area contributed by atoms with Crippen LogP contribution in [-0.2, 0) is 16.0 Å². The highest BCUT2D eigenvalue weighted by Crippen LogP contribution is 2.13. The van der Waals surface area contributed by atoms with Crippen LogP contribution in [0.3, 0.4) is 0 Å². The van der Waals surface area contributed by atoms with Crippen LogP contribution in [0.25, 0.3) is 0 Å². The van der Waals surface area contributed by atoms with Crippen LogP contribution in [0.2, 0.25) is 0 Å². The molecule has 1 aliphatic heterocycles. The van der Waals surface area contributed by atoms with Gasteiger partial charge in [0, 0.05) is 6.20 Å². The summed E-state index contributed by atoms with van der Waals surface area (Å²) in [7, 11) is 0. The molecule has 0 N–H and O–H groups in total. The SMILES string of the molecule is O=C1Cc2ncccc2C(=O)O1. The fourth-order valence-corrected chi connectivity index (χ4v) is 1.10. The molecule has 0 amide bonds. The van der Waals surface area contributed by atoms with Crippen molar-refractivity contribution < 1.29 is 14.3 Å². The number of aromatic nitrogens is 1. The molecule has 0 aliphatic carbocycles. The number of hydrogen-bond donors (Lipinski definition) is 0. The number of rotatable bonds is 0. The van der Waals surface area contributed by atoms with Gasteiger partial charge in [-0.15, -0.1) is 0 Å². The van der Waals surface area contributed by atoms with Crippen LogP contribution in [0, 0.1) is 0 Å². The van der Waals surface area contributed by atoms with Crippen LogP contribution in [0.1, 0.15) is 16.1 Å². The van der Waals surface area contributed by atoms with E-state index in [1.54, 1.807) is 18.3 Å². The quantitative estimate of drug-likeness (QED) is 0.408. The second-order valence-corrected chi connectivity index (χ2v) is 2.44. The summed E-state index contributed by atoms with van der Waals surface area (Å²) >= 11 is 0. The number of pyridine rings is 1. The van der Waals surface area contributed by atoms with Gasteiger partial charge in [0.25, 0.3) is 0 Å². The van der Waals surface area contributed by atoms with Gasteiger partial charge in [0.15, 0.2) is 0 Å². The van der Waals surface area contributed by atoms with Gasteiger partial charge in [-0.25, -0.2) is 4.79 Å². The largest absolute Gasteiger partial charge is 0.389 e. The van der Waals surface area contributed by atoms with E-state index in [0.717, 1.165) is 0 Å². The summed E-state index contributed by atoms with van der Waals surface area (Å²) in [5.74, 6) is -1.14. The highest BCUT2D eigenvalue weighted by atomic mass is 16.6. The van der Waals surface area contributed by atoms with Crippen molar-refractivity contribution in [2.75, 3.05) is 0 Å². The lowest BCUT2D eigenvalue weighted by Crippen LogP contribution is -2.23. The number of cyclic esters (lactones) is 2. The second kappa shape index (κ2) is 2.41. The van der Waals surface area contributed by atoms with E-state index in [1.807, 2.05) is 0 Å². The molecule has 0 unspecified atom stereocenters. The average molecular weight is 163 g/mol. The lowest BCUT2D eigenvalue weighted by Gasteiger charge is -2.11. The summed E-state index contributed by atoms with van der Waals surface area (Å²) in [6.45, 7) is 0. The third kappa shape index (κ3) is 0.972. The maximum atomic E-state index is 11.0. The molecule has 0 radical (unpaired) electrons. The molecular formula is C8H5NO3. The van der Waals surface area contributed by atoms with Crippen molar-refractivity contribution in [1.82, 2.24) is 4.98 Å². The Labute approximate surface area is 68.2 Å². The second-order valence-electron chi connectivity index (χ2n) is 2.44.